The van der Waals surface area contributed by atoms with E-state index in [-0.39, 0.29) is 23.5 Å². The number of nitrogens with one attached hydrogen (secondary N) is 1. The summed E-state index contributed by atoms with van der Waals surface area (Å²) in [4.78, 5) is 21.1. The van der Waals surface area contributed by atoms with Gasteiger partial charge in [0.2, 0.25) is 5.91 Å². The number of non-ortho nitro benzene ring substituents is 1. The normalized spacial score (nSPS) is 11.9. The summed E-state index contributed by atoms with van der Waals surface area (Å²) in [5, 5.41) is 13.2. The molecule has 86 valence electrons. The smallest absolute Gasteiger partial charge is 0.269 e. The van der Waals surface area contributed by atoms with E-state index < -0.39 is 4.92 Å². The number of halogens is 1. The molecule has 1 unspecified atom stereocenters. The van der Waals surface area contributed by atoms with Crippen LogP contribution < -0.4 is 5.32 Å². The number of nitrogens with zero attached hydrogens (tertiary/aromatic N) is 1. The first-order chi connectivity index (χ1) is 7.54. The minimum atomic E-state index is -0.473. The first kappa shape index (κ1) is 12.4. The minimum absolute atomic E-state index is 0.00414. The van der Waals surface area contributed by atoms with Gasteiger partial charge in [0.15, 0.2) is 0 Å². The molecule has 0 fully saturated rings. The fraction of sp³-hybridized carbons (Fsp3) is 0.300. The van der Waals surface area contributed by atoms with Gasteiger partial charge in [0.25, 0.3) is 5.69 Å². The van der Waals surface area contributed by atoms with Gasteiger partial charge in [0.05, 0.1) is 11.0 Å². The van der Waals surface area contributed by atoms with Crippen LogP contribution in [-0.4, -0.2) is 16.7 Å². The molecular weight excluding hydrogens is 232 g/mol. The van der Waals surface area contributed by atoms with Crippen molar-refractivity contribution in [3.8, 4) is 0 Å². The zero-order valence-corrected chi connectivity index (χ0v) is 9.40. The van der Waals surface area contributed by atoms with Gasteiger partial charge in [0, 0.05) is 12.1 Å². The molecule has 0 saturated heterocycles. The van der Waals surface area contributed by atoms with Gasteiger partial charge < -0.3 is 5.32 Å². The molecule has 0 aliphatic carbocycles. The Morgan fingerprint density at radius 1 is 1.62 bits per heavy atom. The second-order valence-corrected chi connectivity index (χ2v) is 3.54. The Labute approximate surface area is 97.6 Å². The van der Waals surface area contributed by atoms with E-state index in [4.69, 9.17) is 11.6 Å². The van der Waals surface area contributed by atoms with Gasteiger partial charge in [-0.15, -0.1) is 11.6 Å². The maximum Gasteiger partial charge on any atom is 0.269 e. The van der Waals surface area contributed by atoms with Crippen molar-refractivity contribution >= 4 is 23.2 Å². The molecule has 0 spiro atoms. The van der Waals surface area contributed by atoms with Crippen LogP contribution in [0.15, 0.2) is 24.3 Å². The van der Waals surface area contributed by atoms with Crippen molar-refractivity contribution in [2.75, 3.05) is 5.88 Å². The highest BCUT2D eigenvalue weighted by Gasteiger charge is 2.12. The van der Waals surface area contributed by atoms with E-state index in [9.17, 15) is 14.9 Å². The molecule has 0 radical (unpaired) electrons. The maximum absolute atomic E-state index is 11.0. The van der Waals surface area contributed by atoms with E-state index in [0.29, 0.717) is 5.56 Å². The van der Waals surface area contributed by atoms with Crippen LogP contribution in [-0.2, 0) is 4.79 Å². The molecule has 6 heteroatoms. The van der Waals surface area contributed by atoms with Crippen molar-refractivity contribution in [2.45, 2.75) is 13.0 Å². The summed E-state index contributed by atoms with van der Waals surface area (Å²) in [6.45, 7) is 1.74. The van der Waals surface area contributed by atoms with Crippen molar-refractivity contribution in [3.05, 3.63) is 39.9 Å². The summed E-state index contributed by atoms with van der Waals surface area (Å²) in [6.07, 6.45) is 0. The molecule has 0 saturated carbocycles. The van der Waals surface area contributed by atoms with Gasteiger partial charge in [-0.25, -0.2) is 0 Å². The van der Waals surface area contributed by atoms with Crippen LogP contribution in [0.5, 0.6) is 0 Å². The lowest BCUT2D eigenvalue weighted by Crippen LogP contribution is -2.27. The fourth-order valence-corrected chi connectivity index (χ4v) is 1.35. The highest BCUT2D eigenvalue weighted by Crippen LogP contribution is 2.18. The predicted molar refractivity (Wildman–Crippen MR) is 60.4 cm³/mol. The summed E-state index contributed by atoms with van der Waals surface area (Å²) < 4.78 is 0. The first-order valence-corrected chi connectivity index (χ1v) is 5.17. The molecule has 1 aromatic rings. The average Bonchev–Trinajstić information content (AvgIpc) is 2.28. The summed E-state index contributed by atoms with van der Waals surface area (Å²) in [5.74, 6) is -0.431. The minimum Gasteiger partial charge on any atom is -0.349 e. The van der Waals surface area contributed by atoms with Crippen LogP contribution in [0.3, 0.4) is 0 Å². The standard InChI is InChI=1S/C10H11ClN2O3/c1-7(12-10(14)6-11)8-3-2-4-9(5-8)13(15)16/h2-5,7H,6H2,1H3,(H,12,14). The Morgan fingerprint density at radius 3 is 2.88 bits per heavy atom. The van der Waals surface area contributed by atoms with Crippen molar-refractivity contribution in [1.82, 2.24) is 5.32 Å². The number of nitro benzene ring substituents is 1. The van der Waals surface area contributed by atoms with Crippen LogP contribution in [0.2, 0.25) is 0 Å². The van der Waals surface area contributed by atoms with Crippen molar-refractivity contribution in [2.24, 2.45) is 0 Å². The molecule has 1 amide bonds. The lowest BCUT2D eigenvalue weighted by Gasteiger charge is -2.12. The highest BCUT2D eigenvalue weighted by atomic mass is 35.5. The van der Waals surface area contributed by atoms with Gasteiger partial charge >= 0.3 is 0 Å². The first-order valence-electron chi connectivity index (χ1n) is 4.64. The van der Waals surface area contributed by atoms with Crippen molar-refractivity contribution in [3.63, 3.8) is 0 Å². The van der Waals surface area contributed by atoms with E-state index in [0.717, 1.165) is 0 Å². The second-order valence-electron chi connectivity index (χ2n) is 3.27. The molecule has 0 aliphatic heterocycles. The van der Waals surface area contributed by atoms with Crippen LogP contribution >= 0.6 is 11.6 Å². The van der Waals surface area contributed by atoms with Crippen molar-refractivity contribution < 1.29 is 9.72 Å². The molecule has 16 heavy (non-hydrogen) atoms. The van der Waals surface area contributed by atoms with Crippen LogP contribution in [0, 0.1) is 10.1 Å². The molecule has 0 aliphatic rings. The van der Waals surface area contributed by atoms with Gasteiger partial charge in [-0.2, -0.15) is 0 Å². The Morgan fingerprint density at radius 2 is 2.31 bits per heavy atom. The predicted octanol–water partition coefficient (Wildman–Crippen LogP) is 2.01. The Balaban J connectivity index is 2.83. The van der Waals surface area contributed by atoms with Crippen LogP contribution in [0.4, 0.5) is 5.69 Å². The number of benzene rings is 1. The third kappa shape index (κ3) is 3.20. The summed E-state index contributed by atoms with van der Waals surface area (Å²) in [7, 11) is 0. The molecule has 0 aromatic heterocycles. The van der Waals surface area contributed by atoms with E-state index in [1.807, 2.05) is 0 Å². The average molecular weight is 243 g/mol. The number of amides is 1. The van der Waals surface area contributed by atoms with Crippen LogP contribution in [0.25, 0.3) is 0 Å². The topological polar surface area (TPSA) is 72.2 Å². The summed E-state index contributed by atoms with van der Waals surface area (Å²) >= 11 is 5.34. The van der Waals surface area contributed by atoms with Gasteiger partial charge in [-0.3, -0.25) is 14.9 Å². The molecule has 5 nitrogen and oxygen atoms in total. The Bertz CT molecular complexity index is 409. The molecule has 0 heterocycles. The summed E-state index contributed by atoms with van der Waals surface area (Å²) in [5.41, 5.74) is 0.678. The fourth-order valence-electron chi connectivity index (χ4n) is 1.27. The number of rotatable bonds is 4. The molecule has 1 rings (SSSR count). The number of nitro groups is 1. The zero-order chi connectivity index (χ0) is 12.1. The van der Waals surface area contributed by atoms with Gasteiger partial charge in [-0.05, 0) is 12.5 Å². The number of hydrogen-bond acceptors (Lipinski definition) is 3. The lowest BCUT2D eigenvalue weighted by atomic mass is 10.1. The zero-order valence-electron chi connectivity index (χ0n) is 8.64. The lowest BCUT2D eigenvalue weighted by molar-refractivity contribution is -0.384. The third-order valence-corrected chi connectivity index (χ3v) is 2.32. The molecule has 1 aromatic carbocycles. The number of carbonyl (C=O) groups excluding carboxylic acids is 1. The third-order valence-electron chi connectivity index (χ3n) is 2.08. The van der Waals surface area contributed by atoms with E-state index in [2.05, 4.69) is 5.32 Å². The molecule has 0 bridgehead atoms. The Hall–Kier alpha value is -1.62. The van der Waals surface area contributed by atoms with Gasteiger partial charge in [-0.1, -0.05) is 12.1 Å². The quantitative estimate of drug-likeness (QED) is 0.499. The van der Waals surface area contributed by atoms with Crippen LogP contribution in [0.1, 0.15) is 18.5 Å². The Kier molecular flexibility index (Phi) is 4.25. The van der Waals surface area contributed by atoms with E-state index >= 15 is 0 Å². The van der Waals surface area contributed by atoms with E-state index in [1.165, 1.54) is 12.1 Å². The monoisotopic (exact) mass is 242 g/mol. The largest absolute Gasteiger partial charge is 0.349 e. The van der Waals surface area contributed by atoms with Crippen molar-refractivity contribution in [1.29, 1.82) is 0 Å². The molecule has 1 atom stereocenters. The maximum atomic E-state index is 11.0. The SMILES string of the molecule is CC(NC(=O)CCl)c1cccc([N+](=O)[O-])c1. The molecular formula is C10H11ClN2O3. The van der Waals surface area contributed by atoms with Gasteiger partial charge in [0.1, 0.15) is 5.88 Å². The summed E-state index contributed by atoms with van der Waals surface area (Å²) in [6, 6.07) is 5.83. The second kappa shape index (κ2) is 5.46. The number of alkyl halides is 1. The molecule has 1 N–H and O–H groups in total. The highest BCUT2D eigenvalue weighted by molar-refractivity contribution is 6.27. The number of carbonyl (C=O) groups is 1. The van der Waals surface area contributed by atoms with E-state index in [1.54, 1.807) is 19.1 Å². The number of hydrogen-bond donors (Lipinski definition) is 1.